The lowest BCUT2D eigenvalue weighted by molar-refractivity contribution is -0.128. The van der Waals surface area contributed by atoms with Crippen LogP contribution in [-0.4, -0.2) is 41.0 Å². The third kappa shape index (κ3) is 4.40. The molecule has 2 aliphatic rings. The van der Waals surface area contributed by atoms with Crippen LogP contribution in [0.15, 0.2) is 42.7 Å². The highest BCUT2D eigenvalue weighted by molar-refractivity contribution is 7.91. The molecule has 1 aliphatic heterocycles. The summed E-state index contributed by atoms with van der Waals surface area (Å²) in [7, 11) is -4.13. The standard InChI is InChI=1S/C25H27F2N5O3S/c1-15-19(8-7-18-6-5-17(13-31-18)20-4-3-11-30-21(20)12-28)23-16(2)32-36(34,35)24(23,10-9-22(29)33)14-25(15,26)27/h3-8,11,13,15-16,19,23,32H,9-10,14H2,1-2H3,(H2,29,33)/b8-7+/t15-,16+,19-,23-,24+/m0/s1. The molecule has 1 saturated carbocycles. The quantitative estimate of drug-likeness (QED) is 0.605. The fourth-order valence-corrected chi connectivity index (χ4v) is 8.07. The maximum Gasteiger partial charge on any atom is 0.252 e. The Bertz CT molecular complexity index is 1340. The van der Waals surface area contributed by atoms with E-state index in [1.54, 1.807) is 49.5 Å². The van der Waals surface area contributed by atoms with Crippen LogP contribution in [0.1, 0.15) is 44.5 Å². The molecule has 2 fully saturated rings. The van der Waals surface area contributed by atoms with E-state index < -0.39 is 56.8 Å². The van der Waals surface area contributed by atoms with Crippen molar-refractivity contribution >= 4 is 22.0 Å². The van der Waals surface area contributed by atoms with Gasteiger partial charge in [0, 0.05) is 54.2 Å². The maximum absolute atomic E-state index is 15.3. The number of sulfonamides is 1. The van der Waals surface area contributed by atoms with Crippen molar-refractivity contribution in [2.75, 3.05) is 0 Å². The lowest BCUT2D eigenvalue weighted by Gasteiger charge is -2.49. The molecular formula is C25H27F2N5O3S. The van der Waals surface area contributed by atoms with Crippen LogP contribution in [0.5, 0.6) is 0 Å². The number of aromatic nitrogens is 2. The SMILES string of the molecule is C[C@H]1NS(=O)(=O)[C@]2(CCC(N)=O)CC(F)(F)[C@@H](C)[C@H](/C=C/c3ccc(-c4cccnc4C#N)cn3)[C@H]12. The van der Waals surface area contributed by atoms with Crippen LogP contribution in [0, 0.1) is 29.1 Å². The van der Waals surface area contributed by atoms with Crippen molar-refractivity contribution in [3.63, 3.8) is 0 Å². The van der Waals surface area contributed by atoms with Crippen LogP contribution in [0.2, 0.25) is 0 Å². The fraction of sp³-hybridized carbons (Fsp3) is 0.440. The van der Waals surface area contributed by atoms with Crippen molar-refractivity contribution in [2.45, 2.75) is 49.8 Å². The van der Waals surface area contributed by atoms with Gasteiger partial charge < -0.3 is 5.73 Å². The lowest BCUT2D eigenvalue weighted by atomic mass is 9.61. The molecule has 1 aliphatic carbocycles. The van der Waals surface area contributed by atoms with E-state index in [0.29, 0.717) is 16.8 Å². The van der Waals surface area contributed by atoms with Crippen LogP contribution in [-0.2, 0) is 14.8 Å². The molecule has 8 nitrogen and oxygen atoms in total. The van der Waals surface area contributed by atoms with Crippen LogP contribution >= 0.6 is 0 Å². The third-order valence-corrected chi connectivity index (χ3v) is 9.88. The second kappa shape index (κ2) is 9.33. The molecular weight excluding hydrogens is 488 g/mol. The van der Waals surface area contributed by atoms with E-state index in [4.69, 9.17) is 5.73 Å². The summed E-state index contributed by atoms with van der Waals surface area (Å²) in [4.78, 5) is 19.9. The molecule has 3 heterocycles. The maximum atomic E-state index is 15.3. The number of pyridine rings is 2. The summed E-state index contributed by atoms with van der Waals surface area (Å²) < 4.78 is 57.5. The summed E-state index contributed by atoms with van der Waals surface area (Å²) in [5, 5.41) is 9.27. The van der Waals surface area contributed by atoms with Gasteiger partial charge in [0.2, 0.25) is 15.9 Å². The highest BCUT2D eigenvalue weighted by atomic mass is 32.2. The largest absolute Gasteiger partial charge is 0.370 e. The highest BCUT2D eigenvalue weighted by Crippen LogP contribution is 2.58. The molecule has 4 rings (SSSR count). The molecule has 0 bridgehead atoms. The van der Waals surface area contributed by atoms with Crippen LogP contribution in [0.25, 0.3) is 17.2 Å². The van der Waals surface area contributed by atoms with Crippen LogP contribution < -0.4 is 10.5 Å². The predicted octanol–water partition coefficient (Wildman–Crippen LogP) is 3.26. The molecule has 3 N–H and O–H groups in total. The van der Waals surface area contributed by atoms with Crippen molar-refractivity contribution in [1.29, 1.82) is 5.26 Å². The normalized spacial score (nSPS) is 30.5. The second-order valence-corrected chi connectivity index (χ2v) is 11.7. The minimum atomic E-state index is -4.13. The average Bonchev–Trinajstić information content (AvgIpc) is 3.02. The summed E-state index contributed by atoms with van der Waals surface area (Å²) in [5.41, 5.74) is 7.32. The Balaban J connectivity index is 1.69. The van der Waals surface area contributed by atoms with Gasteiger partial charge in [-0.05, 0) is 43.5 Å². The zero-order valence-electron chi connectivity index (χ0n) is 19.9. The van der Waals surface area contributed by atoms with E-state index in [0.717, 1.165) is 0 Å². The van der Waals surface area contributed by atoms with Crippen molar-refractivity contribution in [1.82, 2.24) is 14.7 Å². The number of nitriles is 1. The Morgan fingerprint density at radius 1 is 1.31 bits per heavy atom. The van der Waals surface area contributed by atoms with Gasteiger partial charge in [0.1, 0.15) is 11.8 Å². The molecule has 0 aromatic carbocycles. The van der Waals surface area contributed by atoms with Crippen molar-refractivity contribution in [3.05, 3.63) is 54.1 Å². The minimum Gasteiger partial charge on any atom is -0.370 e. The monoisotopic (exact) mass is 515 g/mol. The zero-order valence-corrected chi connectivity index (χ0v) is 20.7. The Morgan fingerprint density at radius 3 is 2.69 bits per heavy atom. The number of hydrogen-bond acceptors (Lipinski definition) is 6. The van der Waals surface area contributed by atoms with Crippen molar-refractivity contribution in [2.24, 2.45) is 23.5 Å². The van der Waals surface area contributed by atoms with E-state index >= 15 is 8.78 Å². The van der Waals surface area contributed by atoms with E-state index in [2.05, 4.69) is 14.7 Å². The Labute approximate surface area is 208 Å². The molecule has 190 valence electrons. The Hall–Kier alpha value is -3.23. The predicted molar refractivity (Wildman–Crippen MR) is 130 cm³/mol. The van der Waals surface area contributed by atoms with E-state index in [-0.39, 0.29) is 18.5 Å². The van der Waals surface area contributed by atoms with Gasteiger partial charge >= 0.3 is 0 Å². The number of nitrogens with two attached hydrogens (primary N) is 1. The van der Waals surface area contributed by atoms with Crippen molar-refractivity contribution in [3.8, 4) is 17.2 Å². The van der Waals surface area contributed by atoms with Gasteiger partial charge in [-0.15, -0.1) is 0 Å². The molecule has 1 saturated heterocycles. The number of primary amides is 1. The number of nitrogens with one attached hydrogen (secondary N) is 1. The van der Waals surface area contributed by atoms with Crippen LogP contribution in [0.3, 0.4) is 0 Å². The zero-order chi connectivity index (χ0) is 26.3. The van der Waals surface area contributed by atoms with Gasteiger partial charge in [-0.3, -0.25) is 9.78 Å². The summed E-state index contributed by atoms with van der Waals surface area (Å²) >= 11 is 0. The topological polar surface area (TPSA) is 139 Å². The van der Waals surface area contributed by atoms with Gasteiger partial charge in [0.15, 0.2) is 0 Å². The van der Waals surface area contributed by atoms with Gasteiger partial charge in [-0.1, -0.05) is 19.1 Å². The molecule has 5 atom stereocenters. The fourth-order valence-electron chi connectivity index (χ4n) is 5.73. The number of fused-ring (bicyclic) bond motifs is 1. The number of allylic oxidation sites excluding steroid dienone is 1. The van der Waals surface area contributed by atoms with Crippen LogP contribution in [0.4, 0.5) is 8.78 Å². The highest BCUT2D eigenvalue weighted by Gasteiger charge is 2.68. The van der Waals surface area contributed by atoms with Gasteiger partial charge in [0.25, 0.3) is 5.92 Å². The first kappa shape index (κ1) is 25.9. The number of carbonyl (C=O) groups is 1. The van der Waals surface area contributed by atoms with E-state index in [1.807, 2.05) is 6.07 Å². The Kier molecular flexibility index (Phi) is 6.70. The Morgan fingerprint density at radius 2 is 2.06 bits per heavy atom. The molecule has 11 heteroatoms. The smallest absolute Gasteiger partial charge is 0.252 e. The number of amides is 1. The molecule has 0 spiro atoms. The first-order valence-electron chi connectivity index (χ1n) is 11.6. The molecule has 1 amide bonds. The van der Waals surface area contributed by atoms with Gasteiger partial charge in [0.05, 0.1) is 10.4 Å². The number of nitrogens with zero attached hydrogens (tertiary/aromatic N) is 3. The molecule has 0 unspecified atom stereocenters. The summed E-state index contributed by atoms with van der Waals surface area (Å²) in [5.74, 6) is -6.62. The van der Waals surface area contributed by atoms with Crippen molar-refractivity contribution < 1.29 is 22.0 Å². The van der Waals surface area contributed by atoms with Gasteiger partial charge in [-0.25, -0.2) is 26.9 Å². The molecule has 2 aromatic rings. The number of rotatable bonds is 6. The second-order valence-electron chi connectivity index (χ2n) is 9.61. The van der Waals surface area contributed by atoms with E-state index in [1.165, 1.54) is 13.1 Å². The molecule has 36 heavy (non-hydrogen) atoms. The number of hydrogen-bond donors (Lipinski definition) is 2. The summed E-state index contributed by atoms with van der Waals surface area (Å²) in [6.07, 6.45) is 4.88. The minimum absolute atomic E-state index is 0.261. The average molecular weight is 516 g/mol. The number of carbonyl (C=O) groups excluding carboxylic acids is 1. The lowest BCUT2D eigenvalue weighted by Crippen LogP contribution is -2.57. The molecule has 2 aromatic heterocycles. The third-order valence-electron chi connectivity index (χ3n) is 7.51. The first-order chi connectivity index (χ1) is 16.9. The number of halogens is 2. The summed E-state index contributed by atoms with van der Waals surface area (Å²) in [6, 6.07) is 8.35. The summed E-state index contributed by atoms with van der Waals surface area (Å²) in [6.45, 7) is 3.09. The molecule has 0 radical (unpaired) electrons. The van der Waals surface area contributed by atoms with E-state index in [9.17, 15) is 18.5 Å². The first-order valence-corrected chi connectivity index (χ1v) is 13.1. The van der Waals surface area contributed by atoms with Gasteiger partial charge in [-0.2, -0.15) is 5.26 Å². The number of alkyl halides is 2.